The molecule has 192 valence electrons. The molecule has 2 saturated carbocycles. The third-order valence-corrected chi connectivity index (χ3v) is 9.57. The lowest BCUT2D eigenvalue weighted by Gasteiger charge is -2.42. The van der Waals surface area contributed by atoms with Crippen LogP contribution in [0.15, 0.2) is 29.6 Å². The Balaban J connectivity index is 1.04. The van der Waals surface area contributed by atoms with E-state index in [9.17, 15) is 0 Å². The molecule has 9 nitrogen and oxygen atoms in total. The van der Waals surface area contributed by atoms with Gasteiger partial charge in [0.2, 0.25) is 11.9 Å². The van der Waals surface area contributed by atoms with Crippen molar-refractivity contribution in [2.24, 2.45) is 11.8 Å². The molecule has 0 radical (unpaired) electrons. The van der Waals surface area contributed by atoms with Crippen LogP contribution in [0.25, 0.3) is 15.9 Å². The Morgan fingerprint density at radius 1 is 1.03 bits per heavy atom. The van der Waals surface area contributed by atoms with Crippen LogP contribution in [0.5, 0.6) is 0 Å². The van der Waals surface area contributed by atoms with Gasteiger partial charge in [0.25, 0.3) is 0 Å². The largest absolute Gasteiger partial charge is 0.369 e. The number of hydrogen-bond donors (Lipinski definition) is 2. The number of hydrogen-bond acceptors (Lipinski definition) is 9. The van der Waals surface area contributed by atoms with E-state index in [1.54, 1.807) is 16.0 Å². The van der Waals surface area contributed by atoms with Crippen LogP contribution in [0.3, 0.4) is 0 Å². The van der Waals surface area contributed by atoms with E-state index in [2.05, 4.69) is 60.5 Å². The summed E-state index contributed by atoms with van der Waals surface area (Å²) in [5.74, 6) is 3.29. The summed E-state index contributed by atoms with van der Waals surface area (Å²) >= 11 is 1.60. The van der Waals surface area contributed by atoms with Crippen LogP contribution >= 0.6 is 11.3 Å². The van der Waals surface area contributed by atoms with Crippen molar-refractivity contribution in [1.82, 2.24) is 29.9 Å². The number of rotatable bonds is 5. The summed E-state index contributed by atoms with van der Waals surface area (Å²) in [6, 6.07) is 9.37. The molecule has 3 N–H and O–H groups in total. The smallest absolute Gasteiger partial charge is 0.248 e. The first-order valence-electron chi connectivity index (χ1n) is 13.3. The summed E-state index contributed by atoms with van der Waals surface area (Å²) in [4.78, 5) is 9.76. The molecule has 3 atom stereocenters. The van der Waals surface area contributed by atoms with Crippen molar-refractivity contribution < 1.29 is 0 Å². The fourth-order valence-electron chi connectivity index (χ4n) is 6.83. The average molecular weight is 516 g/mol. The summed E-state index contributed by atoms with van der Waals surface area (Å²) in [5.41, 5.74) is 10.6. The zero-order valence-corrected chi connectivity index (χ0v) is 22.2. The highest BCUT2D eigenvalue weighted by Crippen LogP contribution is 2.46. The molecular weight excluding hydrogens is 482 g/mol. The Hall–Kier alpha value is -3.24. The van der Waals surface area contributed by atoms with E-state index in [1.807, 2.05) is 18.4 Å². The summed E-state index contributed by atoms with van der Waals surface area (Å²) in [6.07, 6.45) is 5.85. The normalized spacial score (nSPS) is 23.8. The predicted octanol–water partition coefficient (Wildman–Crippen LogP) is 4.53. The van der Waals surface area contributed by atoms with Crippen LogP contribution in [0, 0.1) is 25.7 Å². The van der Waals surface area contributed by atoms with Gasteiger partial charge >= 0.3 is 0 Å². The number of anilines is 4. The maximum absolute atomic E-state index is 6.23. The standard InChI is InChI=1S/C27H33N9S/c1-16-13-20(5-6-22(16)34-8-10-35(11-9-34)23-15-18-3-4-19(23)14-18)29-27-30-26(28)36(33-27)25-24-21(7-12-37-24)17(2)31-32-25/h5-7,12-13,18-19,23H,3-4,8-11,14-15H2,1-2H3,(H3,28,29,30,33). The highest BCUT2D eigenvalue weighted by Gasteiger charge is 2.42. The second-order valence-corrected chi connectivity index (χ2v) is 11.8. The van der Waals surface area contributed by atoms with Crippen molar-refractivity contribution in [3.8, 4) is 5.82 Å². The van der Waals surface area contributed by atoms with Gasteiger partial charge in [0, 0.05) is 49.0 Å². The van der Waals surface area contributed by atoms with Gasteiger partial charge in [-0.1, -0.05) is 6.42 Å². The van der Waals surface area contributed by atoms with Gasteiger partial charge in [0.1, 0.15) is 0 Å². The lowest BCUT2D eigenvalue weighted by Crippen LogP contribution is -2.51. The zero-order chi connectivity index (χ0) is 25.1. The number of benzene rings is 1. The van der Waals surface area contributed by atoms with Gasteiger partial charge in [-0.2, -0.15) is 14.8 Å². The van der Waals surface area contributed by atoms with Gasteiger partial charge in [-0.25, -0.2) is 0 Å². The molecule has 0 amide bonds. The second-order valence-electron chi connectivity index (χ2n) is 10.9. The minimum Gasteiger partial charge on any atom is -0.369 e. The minimum atomic E-state index is 0.275. The van der Waals surface area contributed by atoms with Gasteiger partial charge in [-0.05, 0) is 80.2 Å². The average Bonchev–Trinajstić information content (AvgIpc) is 3.70. The first kappa shape index (κ1) is 22.9. The number of nitrogens with one attached hydrogen (secondary N) is 1. The number of thiophene rings is 1. The number of nitrogen functional groups attached to an aromatic ring is 1. The number of aryl methyl sites for hydroxylation is 2. The highest BCUT2D eigenvalue weighted by molar-refractivity contribution is 7.17. The molecule has 37 heavy (non-hydrogen) atoms. The molecule has 4 heterocycles. The number of aromatic nitrogens is 5. The van der Waals surface area contributed by atoms with E-state index in [0.29, 0.717) is 11.8 Å². The minimum absolute atomic E-state index is 0.275. The molecule has 3 fully saturated rings. The van der Waals surface area contributed by atoms with Crippen LogP contribution in [-0.4, -0.2) is 62.1 Å². The van der Waals surface area contributed by atoms with E-state index in [-0.39, 0.29) is 5.95 Å². The van der Waals surface area contributed by atoms with Crippen LogP contribution in [0.1, 0.15) is 36.9 Å². The number of nitrogens with zero attached hydrogens (tertiary/aromatic N) is 7. The molecule has 3 aliphatic rings. The molecule has 1 saturated heterocycles. The van der Waals surface area contributed by atoms with Crippen molar-refractivity contribution in [2.45, 2.75) is 45.6 Å². The van der Waals surface area contributed by atoms with Gasteiger partial charge in [-0.15, -0.1) is 21.5 Å². The van der Waals surface area contributed by atoms with Gasteiger partial charge in [0.05, 0.1) is 10.4 Å². The first-order valence-corrected chi connectivity index (χ1v) is 14.2. The van der Waals surface area contributed by atoms with Crippen LogP contribution in [0.4, 0.5) is 23.3 Å². The van der Waals surface area contributed by atoms with Gasteiger partial charge < -0.3 is 16.0 Å². The quantitative estimate of drug-likeness (QED) is 0.400. The third-order valence-electron chi connectivity index (χ3n) is 8.66. The van der Waals surface area contributed by atoms with Crippen molar-refractivity contribution in [3.05, 3.63) is 40.9 Å². The maximum atomic E-state index is 6.23. The van der Waals surface area contributed by atoms with Crippen LogP contribution in [0.2, 0.25) is 0 Å². The van der Waals surface area contributed by atoms with Crippen molar-refractivity contribution in [3.63, 3.8) is 0 Å². The van der Waals surface area contributed by atoms with Gasteiger partial charge in [0.15, 0.2) is 5.82 Å². The SMILES string of the molecule is Cc1cc(Nc2nc(N)n(-c3nnc(C)c4ccsc34)n2)ccc1N1CCN(C2CC3CCC2C3)CC1. The number of fused-ring (bicyclic) bond motifs is 3. The Labute approximate surface area is 220 Å². The molecule has 4 aromatic rings. The molecule has 2 aliphatic carbocycles. The van der Waals surface area contributed by atoms with Crippen molar-refractivity contribution in [2.75, 3.05) is 42.1 Å². The van der Waals surface area contributed by atoms with Crippen molar-refractivity contribution in [1.29, 1.82) is 0 Å². The van der Waals surface area contributed by atoms with Crippen LogP contribution in [-0.2, 0) is 0 Å². The van der Waals surface area contributed by atoms with E-state index in [0.717, 1.165) is 52.4 Å². The maximum Gasteiger partial charge on any atom is 0.248 e. The fourth-order valence-corrected chi connectivity index (χ4v) is 7.75. The lowest BCUT2D eigenvalue weighted by molar-refractivity contribution is 0.135. The number of nitrogens with two attached hydrogens (primary N) is 1. The summed E-state index contributed by atoms with van der Waals surface area (Å²) in [7, 11) is 0. The first-order chi connectivity index (χ1) is 18.0. The van der Waals surface area contributed by atoms with Crippen molar-refractivity contribution >= 4 is 44.7 Å². The van der Waals surface area contributed by atoms with E-state index >= 15 is 0 Å². The fraction of sp³-hybridized carbons (Fsp3) is 0.481. The summed E-state index contributed by atoms with van der Waals surface area (Å²) in [6.45, 7) is 8.67. The highest BCUT2D eigenvalue weighted by atomic mass is 32.1. The molecule has 1 aromatic carbocycles. The third kappa shape index (κ3) is 4.02. The second kappa shape index (κ2) is 8.95. The van der Waals surface area contributed by atoms with Crippen LogP contribution < -0.4 is 16.0 Å². The molecule has 10 heteroatoms. The van der Waals surface area contributed by atoms with Gasteiger partial charge in [-0.3, -0.25) is 4.90 Å². The Bertz CT molecular complexity index is 1450. The lowest BCUT2D eigenvalue weighted by atomic mass is 9.93. The summed E-state index contributed by atoms with van der Waals surface area (Å²) in [5, 5.41) is 19.6. The molecular formula is C27H33N9S. The topological polar surface area (TPSA) is 101 Å². The monoisotopic (exact) mass is 515 g/mol. The Morgan fingerprint density at radius 2 is 1.89 bits per heavy atom. The summed E-state index contributed by atoms with van der Waals surface area (Å²) < 4.78 is 2.56. The predicted molar refractivity (Wildman–Crippen MR) is 149 cm³/mol. The van der Waals surface area contributed by atoms with E-state index in [4.69, 9.17) is 5.73 Å². The molecule has 0 spiro atoms. The number of piperazine rings is 1. The van der Waals surface area contributed by atoms with E-state index in [1.165, 1.54) is 50.0 Å². The Kier molecular flexibility index (Phi) is 5.54. The molecule has 2 bridgehead atoms. The molecule has 7 rings (SSSR count). The molecule has 1 aliphatic heterocycles. The van der Waals surface area contributed by atoms with E-state index < -0.39 is 0 Å². The molecule has 3 unspecified atom stereocenters. The molecule has 3 aromatic heterocycles. The Morgan fingerprint density at radius 3 is 2.65 bits per heavy atom. The zero-order valence-electron chi connectivity index (χ0n) is 21.4.